The molecular formula is C9H11BrN2. The van der Waals surface area contributed by atoms with Crippen molar-refractivity contribution >= 4 is 0 Å². The third-order valence-corrected chi connectivity index (χ3v) is 1.50. The molecule has 0 saturated carbocycles. The molecule has 1 heterocycles. The number of aromatic nitrogens is 1. The van der Waals surface area contributed by atoms with E-state index in [2.05, 4.69) is 17.6 Å². The first-order valence-electron chi connectivity index (χ1n) is 3.76. The zero-order valence-electron chi connectivity index (χ0n) is 7.00. The molecular weight excluding hydrogens is 216 g/mol. The first-order chi connectivity index (χ1) is 5.36. The van der Waals surface area contributed by atoms with Gasteiger partial charge in [-0.1, -0.05) is 6.92 Å². The molecule has 0 atom stereocenters. The van der Waals surface area contributed by atoms with E-state index >= 15 is 0 Å². The molecule has 0 N–H and O–H groups in total. The fourth-order valence-corrected chi connectivity index (χ4v) is 0.939. The van der Waals surface area contributed by atoms with Crippen LogP contribution in [0.15, 0.2) is 24.5 Å². The number of nitriles is 1. The summed E-state index contributed by atoms with van der Waals surface area (Å²) < 4.78 is 2.07. The molecule has 0 aromatic carbocycles. The number of hydrogen-bond donors (Lipinski definition) is 0. The third kappa shape index (κ3) is 3.02. The van der Waals surface area contributed by atoms with Gasteiger partial charge in [-0.3, -0.25) is 0 Å². The van der Waals surface area contributed by atoms with Crippen molar-refractivity contribution in [3.05, 3.63) is 30.1 Å². The molecule has 0 amide bonds. The highest BCUT2D eigenvalue weighted by molar-refractivity contribution is 5.23. The highest BCUT2D eigenvalue weighted by Crippen LogP contribution is 1.90. The van der Waals surface area contributed by atoms with Crippen LogP contribution in [-0.4, -0.2) is 0 Å². The number of rotatable bonds is 2. The second-order valence-corrected chi connectivity index (χ2v) is 2.44. The Hall–Kier alpha value is -0.880. The van der Waals surface area contributed by atoms with Crippen LogP contribution in [0.4, 0.5) is 0 Å². The number of hydrogen-bond acceptors (Lipinski definition) is 1. The monoisotopic (exact) mass is 226 g/mol. The normalized spacial score (nSPS) is 8.33. The Labute approximate surface area is 83.2 Å². The maximum Gasteiger partial charge on any atom is 0.170 e. The van der Waals surface area contributed by atoms with Gasteiger partial charge in [-0.2, -0.15) is 5.26 Å². The van der Waals surface area contributed by atoms with Gasteiger partial charge in [0.15, 0.2) is 12.4 Å². The van der Waals surface area contributed by atoms with E-state index in [1.165, 1.54) is 0 Å². The van der Waals surface area contributed by atoms with Crippen molar-refractivity contribution in [2.45, 2.75) is 19.9 Å². The van der Waals surface area contributed by atoms with Gasteiger partial charge in [-0.15, -0.1) is 0 Å². The van der Waals surface area contributed by atoms with Crippen LogP contribution in [0.1, 0.15) is 18.9 Å². The molecule has 0 aliphatic heterocycles. The van der Waals surface area contributed by atoms with Crippen LogP contribution < -0.4 is 21.5 Å². The van der Waals surface area contributed by atoms with Gasteiger partial charge < -0.3 is 17.0 Å². The fourth-order valence-electron chi connectivity index (χ4n) is 0.939. The molecule has 0 aliphatic carbocycles. The molecule has 0 radical (unpaired) electrons. The van der Waals surface area contributed by atoms with Gasteiger partial charge in [0.05, 0.1) is 11.6 Å². The Morgan fingerprint density at radius 2 is 2.00 bits per heavy atom. The van der Waals surface area contributed by atoms with Gasteiger partial charge in [0.25, 0.3) is 0 Å². The molecule has 64 valence electrons. The van der Waals surface area contributed by atoms with Crippen molar-refractivity contribution in [3.63, 3.8) is 0 Å². The molecule has 0 spiro atoms. The van der Waals surface area contributed by atoms with Crippen molar-refractivity contribution in [1.82, 2.24) is 0 Å². The van der Waals surface area contributed by atoms with E-state index in [1.54, 1.807) is 0 Å². The predicted molar refractivity (Wildman–Crippen MR) is 41.6 cm³/mol. The molecule has 1 aromatic heterocycles. The number of aryl methyl sites for hydroxylation is 1. The van der Waals surface area contributed by atoms with E-state index < -0.39 is 0 Å². The summed E-state index contributed by atoms with van der Waals surface area (Å²) in [6.07, 6.45) is 4.99. The second kappa shape index (κ2) is 5.73. The van der Waals surface area contributed by atoms with E-state index in [4.69, 9.17) is 5.26 Å². The lowest BCUT2D eigenvalue weighted by molar-refractivity contribution is -0.697. The maximum absolute atomic E-state index is 8.50. The van der Waals surface area contributed by atoms with Crippen LogP contribution in [0.2, 0.25) is 0 Å². The molecule has 0 bridgehead atoms. The lowest BCUT2D eigenvalue weighted by Crippen LogP contribution is -3.00. The maximum atomic E-state index is 8.50. The fraction of sp³-hybridized carbons (Fsp3) is 0.333. The van der Waals surface area contributed by atoms with Crippen molar-refractivity contribution in [2.24, 2.45) is 0 Å². The van der Waals surface area contributed by atoms with Crippen LogP contribution in [-0.2, 0) is 6.54 Å². The van der Waals surface area contributed by atoms with Gasteiger partial charge in [-0.05, 0) is 0 Å². The molecule has 12 heavy (non-hydrogen) atoms. The zero-order chi connectivity index (χ0) is 8.10. The highest BCUT2D eigenvalue weighted by atomic mass is 79.9. The summed E-state index contributed by atoms with van der Waals surface area (Å²) in [4.78, 5) is 0. The van der Waals surface area contributed by atoms with Gasteiger partial charge in [0, 0.05) is 18.6 Å². The molecule has 2 nitrogen and oxygen atoms in total. The molecule has 3 heteroatoms. The zero-order valence-corrected chi connectivity index (χ0v) is 8.58. The summed E-state index contributed by atoms with van der Waals surface area (Å²) in [5.41, 5.74) is 0.720. The topological polar surface area (TPSA) is 27.7 Å². The van der Waals surface area contributed by atoms with Gasteiger partial charge in [0.1, 0.15) is 6.54 Å². The third-order valence-electron chi connectivity index (χ3n) is 1.50. The van der Waals surface area contributed by atoms with Crippen LogP contribution in [0.3, 0.4) is 0 Å². The SMILES string of the molecule is CCC[n+]1ccc(C#N)cc1.[Br-]. The molecule has 0 unspecified atom stereocenters. The highest BCUT2D eigenvalue weighted by Gasteiger charge is 1.96. The van der Waals surface area contributed by atoms with E-state index in [9.17, 15) is 0 Å². The molecule has 0 saturated heterocycles. The lowest BCUT2D eigenvalue weighted by atomic mass is 10.3. The Morgan fingerprint density at radius 3 is 2.42 bits per heavy atom. The van der Waals surface area contributed by atoms with E-state index in [-0.39, 0.29) is 17.0 Å². The Morgan fingerprint density at radius 1 is 1.42 bits per heavy atom. The van der Waals surface area contributed by atoms with Crippen molar-refractivity contribution in [3.8, 4) is 6.07 Å². The quantitative estimate of drug-likeness (QED) is 0.551. The van der Waals surface area contributed by atoms with E-state index in [0.29, 0.717) is 0 Å². The average molecular weight is 227 g/mol. The summed E-state index contributed by atoms with van der Waals surface area (Å²) in [6, 6.07) is 5.74. The van der Waals surface area contributed by atoms with Gasteiger partial charge in [-0.25, -0.2) is 4.57 Å². The second-order valence-electron chi connectivity index (χ2n) is 2.44. The first kappa shape index (κ1) is 11.1. The predicted octanol–water partition coefficient (Wildman–Crippen LogP) is -1.74. The Bertz CT molecular complexity index is 261. The van der Waals surface area contributed by atoms with E-state index in [1.807, 2.05) is 24.5 Å². The Kier molecular flexibility index (Phi) is 5.31. The van der Waals surface area contributed by atoms with Crippen LogP contribution in [0.5, 0.6) is 0 Å². The number of pyridine rings is 1. The molecule has 0 aliphatic rings. The van der Waals surface area contributed by atoms with Crippen LogP contribution >= 0.6 is 0 Å². The standard InChI is InChI=1S/C9H11N2.BrH/c1-2-5-11-6-3-9(8-10)4-7-11;/h3-4,6-7H,2,5H2,1H3;1H/q+1;/p-1. The van der Waals surface area contributed by atoms with Gasteiger partial charge in [0.2, 0.25) is 0 Å². The number of halogens is 1. The van der Waals surface area contributed by atoms with Crippen LogP contribution in [0, 0.1) is 11.3 Å². The van der Waals surface area contributed by atoms with Crippen molar-refractivity contribution < 1.29 is 21.5 Å². The first-order valence-corrected chi connectivity index (χ1v) is 3.76. The molecule has 0 fully saturated rings. The minimum absolute atomic E-state index is 0. The average Bonchev–Trinajstić information content (AvgIpc) is 2.07. The van der Waals surface area contributed by atoms with Crippen molar-refractivity contribution in [2.75, 3.05) is 0 Å². The van der Waals surface area contributed by atoms with E-state index in [0.717, 1.165) is 18.5 Å². The summed E-state index contributed by atoms with van der Waals surface area (Å²) >= 11 is 0. The van der Waals surface area contributed by atoms with Gasteiger partial charge >= 0.3 is 0 Å². The minimum atomic E-state index is 0. The summed E-state index contributed by atoms with van der Waals surface area (Å²) in [5.74, 6) is 0. The summed E-state index contributed by atoms with van der Waals surface area (Å²) in [7, 11) is 0. The largest absolute Gasteiger partial charge is 1.00 e. The molecule has 1 aromatic rings. The Balaban J connectivity index is 0.00000121. The summed E-state index contributed by atoms with van der Waals surface area (Å²) in [5, 5.41) is 8.50. The smallest absolute Gasteiger partial charge is 0.170 e. The van der Waals surface area contributed by atoms with Crippen LogP contribution in [0.25, 0.3) is 0 Å². The lowest BCUT2D eigenvalue weighted by Gasteiger charge is -1.91. The summed E-state index contributed by atoms with van der Waals surface area (Å²) in [6.45, 7) is 3.15. The minimum Gasteiger partial charge on any atom is -1.00 e. The number of nitrogens with zero attached hydrogens (tertiary/aromatic N) is 2. The van der Waals surface area contributed by atoms with Crippen molar-refractivity contribution in [1.29, 1.82) is 5.26 Å². The molecule has 1 rings (SSSR count).